The van der Waals surface area contributed by atoms with Crippen LogP contribution in [0.2, 0.25) is 0 Å². The smallest absolute Gasteiger partial charge is 0.338 e. The second-order valence-electron chi connectivity index (χ2n) is 3.33. The van der Waals surface area contributed by atoms with Gasteiger partial charge in [0.1, 0.15) is 0 Å². The molecule has 0 aliphatic rings. The number of nitrogens with two attached hydrogens (primary N) is 2. The van der Waals surface area contributed by atoms with E-state index in [9.17, 15) is 9.59 Å². The van der Waals surface area contributed by atoms with Gasteiger partial charge < -0.3 is 16.2 Å². The van der Waals surface area contributed by atoms with Gasteiger partial charge in [0.15, 0.2) is 6.10 Å². The number of esters is 1. The van der Waals surface area contributed by atoms with Gasteiger partial charge in [0.25, 0.3) is 5.91 Å². The topological polar surface area (TPSA) is 95.4 Å². The number of benzene rings is 1. The van der Waals surface area contributed by atoms with E-state index in [4.69, 9.17) is 16.2 Å². The highest BCUT2D eigenvalue weighted by Gasteiger charge is 2.19. The van der Waals surface area contributed by atoms with Crippen LogP contribution >= 0.6 is 0 Å². The molecule has 0 saturated heterocycles. The molecule has 1 unspecified atom stereocenters. The molecule has 5 nitrogen and oxygen atoms in total. The first-order valence-corrected chi connectivity index (χ1v) is 4.90. The Bertz CT molecular complexity index is 404. The Kier molecular flexibility index (Phi) is 3.88. The first kappa shape index (κ1) is 12.0. The minimum absolute atomic E-state index is 0.305. The molecule has 1 atom stereocenters. The Balaban J connectivity index is 2.75. The molecule has 0 aliphatic heterocycles. The second kappa shape index (κ2) is 5.16. The number of primary amides is 1. The molecule has 0 spiro atoms. The van der Waals surface area contributed by atoms with Crippen molar-refractivity contribution in [2.24, 2.45) is 5.73 Å². The number of anilines is 1. The summed E-state index contributed by atoms with van der Waals surface area (Å²) in [4.78, 5) is 22.5. The van der Waals surface area contributed by atoms with Crippen LogP contribution in [0.5, 0.6) is 0 Å². The molecule has 0 bridgehead atoms. The molecular weight excluding hydrogens is 208 g/mol. The van der Waals surface area contributed by atoms with Gasteiger partial charge in [0.05, 0.1) is 5.56 Å². The summed E-state index contributed by atoms with van der Waals surface area (Å²) < 4.78 is 4.93. The maximum atomic E-state index is 11.6. The molecule has 1 amide bonds. The molecule has 4 N–H and O–H groups in total. The van der Waals surface area contributed by atoms with Crippen LogP contribution in [0.15, 0.2) is 24.3 Å². The number of amides is 1. The largest absolute Gasteiger partial charge is 0.449 e. The SMILES string of the molecule is CCC(OC(=O)c1cccc(N)c1)C(N)=O. The van der Waals surface area contributed by atoms with Gasteiger partial charge in [0, 0.05) is 5.69 Å². The van der Waals surface area contributed by atoms with E-state index in [2.05, 4.69) is 0 Å². The third-order valence-electron chi connectivity index (χ3n) is 2.06. The van der Waals surface area contributed by atoms with Crippen LogP contribution in [0.25, 0.3) is 0 Å². The fraction of sp³-hybridized carbons (Fsp3) is 0.273. The fourth-order valence-corrected chi connectivity index (χ4v) is 1.21. The summed E-state index contributed by atoms with van der Waals surface area (Å²) in [6, 6.07) is 6.34. The average Bonchev–Trinajstić information content (AvgIpc) is 2.25. The fourth-order valence-electron chi connectivity index (χ4n) is 1.21. The van der Waals surface area contributed by atoms with Gasteiger partial charge in [-0.2, -0.15) is 0 Å². The normalized spacial score (nSPS) is 11.8. The van der Waals surface area contributed by atoms with E-state index in [-0.39, 0.29) is 0 Å². The third kappa shape index (κ3) is 2.98. The molecular formula is C11H14N2O3. The molecule has 16 heavy (non-hydrogen) atoms. The number of rotatable bonds is 4. The molecule has 0 aliphatic carbocycles. The number of ether oxygens (including phenoxy) is 1. The molecule has 1 aromatic carbocycles. The lowest BCUT2D eigenvalue weighted by molar-refractivity contribution is -0.126. The Morgan fingerprint density at radius 2 is 2.12 bits per heavy atom. The van der Waals surface area contributed by atoms with Gasteiger partial charge in [-0.3, -0.25) is 4.79 Å². The van der Waals surface area contributed by atoms with Gasteiger partial charge in [-0.05, 0) is 24.6 Å². The maximum absolute atomic E-state index is 11.6. The Morgan fingerprint density at radius 3 is 2.62 bits per heavy atom. The van der Waals surface area contributed by atoms with Crippen molar-refractivity contribution in [2.45, 2.75) is 19.4 Å². The lowest BCUT2D eigenvalue weighted by Crippen LogP contribution is -2.32. The van der Waals surface area contributed by atoms with Crippen molar-refractivity contribution in [1.82, 2.24) is 0 Å². The van der Waals surface area contributed by atoms with Crippen LogP contribution < -0.4 is 11.5 Å². The first-order chi connectivity index (χ1) is 7.54. The molecule has 5 heteroatoms. The number of carbonyl (C=O) groups excluding carboxylic acids is 2. The van der Waals surface area contributed by atoms with Crippen LogP contribution in [-0.2, 0) is 9.53 Å². The number of nitrogen functional groups attached to an aromatic ring is 1. The lowest BCUT2D eigenvalue weighted by atomic mass is 10.2. The third-order valence-corrected chi connectivity index (χ3v) is 2.06. The van der Waals surface area contributed by atoms with Crippen molar-refractivity contribution >= 4 is 17.6 Å². The predicted octanol–water partition coefficient (Wildman–Crippen LogP) is 0.690. The van der Waals surface area contributed by atoms with Gasteiger partial charge >= 0.3 is 5.97 Å². The van der Waals surface area contributed by atoms with E-state index in [0.29, 0.717) is 17.7 Å². The molecule has 1 rings (SSSR count). The highest BCUT2D eigenvalue weighted by atomic mass is 16.5. The minimum Gasteiger partial charge on any atom is -0.449 e. The second-order valence-corrected chi connectivity index (χ2v) is 3.33. The quantitative estimate of drug-likeness (QED) is 0.578. The summed E-state index contributed by atoms with van der Waals surface area (Å²) >= 11 is 0. The summed E-state index contributed by atoms with van der Waals surface area (Å²) in [7, 11) is 0. The summed E-state index contributed by atoms with van der Waals surface area (Å²) in [5, 5.41) is 0. The van der Waals surface area contributed by atoms with Crippen LogP contribution in [0.4, 0.5) is 5.69 Å². The van der Waals surface area contributed by atoms with E-state index >= 15 is 0 Å². The zero-order chi connectivity index (χ0) is 12.1. The predicted molar refractivity (Wildman–Crippen MR) is 59.5 cm³/mol. The minimum atomic E-state index is -0.895. The standard InChI is InChI=1S/C11H14N2O3/c1-2-9(10(13)14)16-11(15)7-4-3-5-8(12)6-7/h3-6,9H,2,12H2,1H3,(H2,13,14). The van der Waals surface area contributed by atoms with Crippen molar-refractivity contribution < 1.29 is 14.3 Å². The summed E-state index contributed by atoms with van der Waals surface area (Å²) in [6.45, 7) is 1.71. The monoisotopic (exact) mass is 222 g/mol. The number of hydrogen-bond acceptors (Lipinski definition) is 4. The van der Waals surface area contributed by atoms with Crippen molar-refractivity contribution in [3.63, 3.8) is 0 Å². The molecule has 0 fully saturated rings. The van der Waals surface area contributed by atoms with Crippen LogP contribution in [0.3, 0.4) is 0 Å². The molecule has 0 heterocycles. The lowest BCUT2D eigenvalue weighted by Gasteiger charge is -2.12. The van der Waals surface area contributed by atoms with Crippen molar-refractivity contribution in [3.05, 3.63) is 29.8 Å². The number of hydrogen-bond donors (Lipinski definition) is 2. The van der Waals surface area contributed by atoms with Crippen molar-refractivity contribution in [2.75, 3.05) is 5.73 Å². The zero-order valence-electron chi connectivity index (χ0n) is 8.97. The first-order valence-electron chi connectivity index (χ1n) is 4.90. The van der Waals surface area contributed by atoms with Gasteiger partial charge in [-0.25, -0.2) is 4.79 Å². The highest BCUT2D eigenvalue weighted by Crippen LogP contribution is 2.10. The summed E-state index contributed by atoms with van der Waals surface area (Å²) in [5.74, 6) is -1.25. The zero-order valence-corrected chi connectivity index (χ0v) is 8.97. The van der Waals surface area contributed by atoms with E-state index in [1.165, 1.54) is 6.07 Å². The Labute approximate surface area is 93.4 Å². The average molecular weight is 222 g/mol. The van der Waals surface area contributed by atoms with Gasteiger partial charge in [0.2, 0.25) is 0 Å². The number of carbonyl (C=O) groups is 2. The molecule has 0 radical (unpaired) electrons. The Hall–Kier alpha value is -2.04. The van der Waals surface area contributed by atoms with E-state index in [0.717, 1.165) is 0 Å². The van der Waals surface area contributed by atoms with E-state index < -0.39 is 18.0 Å². The molecule has 0 aromatic heterocycles. The summed E-state index contributed by atoms with van der Waals surface area (Å²) in [6.07, 6.45) is -0.544. The van der Waals surface area contributed by atoms with E-state index in [1.807, 2.05) is 0 Å². The summed E-state index contributed by atoms with van der Waals surface area (Å²) in [5.41, 5.74) is 11.3. The van der Waals surface area contributed by atoms with Crippen molar-refractivity contribution in [1.29, 1.82) is 0 Å². The van der Waals surface area contributed by atoms with Crippen LogP contribution in [0, 0.1) is 0 Å². The van der Waals surface area contributed by atoms with Crippen molar-refractivity contribution in [3.8, 4) is 0 Å². The van der Waals surface area contributed by atoms with Crippen LogP contribution in [-0.4, -0.2) is 18.0 Å². The van der Waals surface area contributed by atoms with E-state index in [1.54, 1.807) is 25.1 Å². The molecule has 86 valence electrons. The molecule has 1 aromatic rings. The van der Waals surface area contributed by atoms with Crippen LogP contribution in [0.1, 0.15) is 23.7 Å². The Morgan fingerprint density at radius 1 is 1.44 bits per heavy atom. The maximum Gasteiger partial charge on any atom is 0.338 e. The molecule has 0 saturated carbocycles. The highest BCUT2D eigenvalue weighted by molar-refractivity contribution is 5.92. The van der Waals surface area contributed by atoms with Gasteiger partial charge in [-0.15, -0.1) is 0 Å². The van der Waals surface area contributed by atoms with Gasteiger partial charge in [-0.1, -0.05) is 13.0 Å².